The molecule has 0 radical (unpaired) electrons. The van der Waals surface area contributed by atoms with Crippen LogP contribution in [0.1, 0.15) is 41.4 Å². The number of anilines is 1. The van der Waals surface area contributed by atoms with Crippen molar-refractivity contribution in [3.63, 3.8) is 0 Å². The molecule has 3 aromatic carbocycles. The van der Waals surface area contributed by atoms with Gasteiger partial charge in [-0.3, -0.25) is 14.4 Å². The Kier molecular flexibility index (Phi) is 6.10. The van der Waals surface area contributed by atoms with Crippen LogP contribution in [-0.2, 0) is 10.0 Å². The molecule has 11 heteroatoms. The highest BCUT2D eigenvalue weighted by molar-refractivity contribution is 7.89. The van der Waals surface area contributed by atoms with E-state index in [1.165, 1.54) is 51.7 Å². The molecule has 0 bridgehead atoms. The SMILES string of the molecule is O=C(O)c1ccccc1C(=O)N1CCN(S(=O)(=O)c2ccc(N3C(=O)c4ccccc4C3=O)cc2)CC1. The van der Waals surface area contributed by atoms with Crippen LogP contribution < -0.4 is 4.90 Å². The van der Waals surface area contributed by atoms with E-state index in [0.717, 1.165) is 4.90 Å². The number of aromatic carboxylic acids is 1. The summed E-state index contributed by atoms with van der Waals surface area (Å²) < 4.78 is 27.7. The molecular weight excluding hydrogens is 498 g/mol. The molecule has 0 unspecified atom stereocenters. The summed E-state index contributed by atoms with van der Waals surface area (Å²) in [4.78, 5) is 52.2. The highest BCUT2D eigenvalue weighted by Crippen LogP contribution is 2.29. The molecule has 1 fully saturated rings. The van der Waals surface area contributed by atoms with E-state index >= 15 is 0 Å². The predicted molar refractivity (Wildman–Crippen MR) is 132 cm³/mol. The van der Waals surface area contributed by atoms with E-state index < -0.39 is 33.7 Å². The number of sulfonamides is 1. The number of carbonyl (C=O) groups excluding carboxylic acids is 3. The molecule has 1 saturated heterocycles. The zero-order chi connectivity index (χ0) is 26.3. The van der Waals surface area contributed by atoms with Crippen molar-refractivity contribution in [1.82, 2.24) is 9.21 Å². The van der Waals surface area contributed by atoms with Crippen molar-refractivity contribution in [2.75, 3.05) is 31.1 Å². The molecule has 2 aliphatic rings. The van der Waals surface area contributed by atoms with E-state index in [2.05, 4.69) is 0 Å². The maximum atomic E-state index is 13.2. The lowest BCUT2D eigenvalue weighted by Gasteiger charge is -2.34. The van der Waals surface area contributed by atoms with Crippen LogP contribution >= 0.6 is 0 Å². The topological polar surface area (TPSA) is 132 Å². The van der Waals surface area contributed by atoms with Gasteiger partial charge in [-0.15, -0.1) is 0 Å². The number of hydrogen-bond acceptors (Lipinski definition) is 6. The lowest BCUT2D eigenvalue weighted by atomic mass is 10.1. The Hall–Kier alpha value is -4.35. The van der Waals surface area contributed by atoms with Crippen molar-refractivity contribution in [3.05, 3.63) is 95.1 Å². The number of carboxylic acids is 1. The van der Waals surface area contributed by atoms with Crippen LogP contribution in [0.25, 0.3) is 0 Å². The molecule has 188 valence electrons. The number of hydrogen-bond donors (Lipinski definition) is 1. The third-order valence-corrected chi connectivity index (χ3v) is 8.35. The van der Waals surface area contributed by atoms with E-state index in [1.54, 1.807) is 30.3 Å². The smallest absolute Gasteiger partial charge is 0.336 e. The Morgan fingerprint density at radius 2 is 1.22 bits per heavy atom. The Labute approximate surface area is 212 Å². The second kappa shape index (κ2) is 9.26. The summed E-state index contributed by atoms with van der Waals surface area (Å²) in [5, 5.41) is 9.35. The Morgan fingerprint density at radius 3 is 1.76 bits per heavy atom. The molecule has 0 aliphatic carbocycles. The number of carbonyl (C=O) groups is 4. The van der Waals surface area contributed by atoms with Crippen molar-refractivity contribution >= 4 is 39.4 Å². The molecule has 0 atom stereocenters. The lowest BCUT2D eigenvalue weighted by molar-refractivity contribution is 0.0656. The van der Waals surface area contributed by atoms with Crippen LogP contribution in [0.3, 0.4) is 0 Å². The monoisotopic (exact) mass is 519 g/mol. The molecule has 37 heavy (non-hydrogen) atoms. The van der Waals surface area contributed by atoms with E-state index in [-0.39, 0.29) is 47.9 Å². The highest BCUT2D eigenvalue weighted by atomic mass is 32.2. The van der Waals surface area contributed by atoms with Gasteiger partial charge in [-0.25, -0.2) is 18.1 Å². The summed E-state index contributed by atoms with van der Waals surface area (Å²) in [5.41, 5.74) is 0.790. The first-order valence-corrected chi connectivity index (χ1v) is 12.8. The normalized spacial score (nSPS) is 16.1. The van der Waals surface area contributed by atoms with Crippen LogP contribution in [0.4, 0.5) is 5.69 Å². The minimum absolute atomic E-state index is 0.0103. The van der Waals surface area contributed by atoms with Gasteiger partial charge in [0.1, 0.15) is 0 Å². The maximum Gasteiger partial charge on any atom is 0.336 e. The van der Waals surface area contributed by atoms with Gasteiger partial charge in [-0.1, -0.05) is 24.3 Å². The molecule has 0 spiro atoms. The van der Waals surface area contributed by atoms with E-state index in [0.29, 0.717) is 11.1 Å². The van der Waals surface area contributed by atoms with Crippen molar-refractivity contribution in [2.24, 2.45) is 0 Å². The Bertz CT molecular complexity index is 1510. The fourth-order valence-electron chi connectivity index (χ4n) is 4.50. The van der Waals surface area contributed by atoms with Gasteiger partial charge >= 0.3 is 5.97 Å². The van der Waals surface area contributed by atoms with Crippen molar-refractivity contribution in [3.8, 4) is 0 Å². The average Bonchev–Trinajstić information content (AvgIpc) is 3.18. The van der Waals surface area contributed by atoms with Crippen LogP contribution in [0.2, 0.25) is 0 Å². The molecule has 5 rings (SSSR count). The largest absolute Gasteiger partial charge is 0.478 e. The van der Waals surface area contributed by atoms with Gasteiger partial charge in [-0.2, -0.15) is 4.31 Å². The number of amides is 3. The third-order valence-electron chi connectivity index (χ3n) is 6.44. The fraction of sp³-hybridized carbons (Fsp3) is 0.154. The van der Waals surface area contributed by atoms with Crippen LogP contribution in [-0.4, -0.2) is 72.6 Å². The molecular formula is C26H21N3O7S. The number of fused-ring (bicyclic) bond motifs is 1. The number of carboxylic acid groups (broad SMARTS) is 1. The molecule has 0 aromatic heterocycles. The van der Waals surface area contributed by atoms with E-state index in [4.69, 9.17) is 0 Å². The summed E-state index contributed by atoms with van der Waals surface area (Å²) in [6.07, 6.45) is 0. The standard InChI is InChI=1S/C26H21N3O7S/c30-23(21-7-3-4-8-22(21)26(33)34)27-13-15-28(16-14-27)37(35,36)18-11-9-17(10-12-18)29-24(31)19-5-1-2-6-20(19)25(29)32/h1-12H,13-16H2,(H,33,34). The number of nitrogens with zero attached hydrogens (tertiary/aromatic N) is 3. The van der Waals surface area contributed by atoms with Gasteiger partial charge in [0, 0.05) is 26.2 Å². The van der Waals surface area contributed by atoms with Gasteiger partial charge in [0.25, 0.3) is 17.7 Å². The molecule has 2 heterocycles. The number of imide groups is 1. The van der Waals surface area contributed by atoms with E-state index in [9.17, 15) is 32.7 Å². The quantitative estimate of drug-likeness (QED) is 0.512. The predicted octanol–water partition coefficient (Wildman–Crippen LogP) is 2.33. The van der Waals surface area contributed by atoms with Gasteiger partial charge in [0.15, 0.2) is 0 Å². The van der Waals surface area contributed by atoms with Crippen LogP contribution in [0.15, 0.2) is 77.7 Å². The van der Waals surface area contributed by atoms with Crippen molar-refractivity contribution < 1.29 is 32.7 Å². The molecule has 3 aromatic rings. The minimum atomic E-state index is -3.91. The summed E-state index contributed by atoms with van der Waals surface area (Å²) in [6, 6.07) is 17.9. The number of piperazine rings is 1. The minimum Gasteiger partial charge on any atom is -0.478 e. The zero-order valence-corrected chi connectivity index (χ0v) is 20.2. The molecule has 2 aliphatic heterocycles. The molecule has 1 N–H and O–H groups in total. The van der Waals surface area contributed by atoms with Gasteiger partial charge in [0.2, 0.25) is 10.0 Å². The summed E-state index contributed by atoms with van der Waals surface area (Å²) in [5.74, 6) is -2.63. The highest BCUT2D eigenvalue weighted by Gasteiger charge is 2.37. The first-order chi connectivity index (χ1) is 17.7. The first-order valence-electron chi connectivity index (χ1n) is 11.4. The van der Waals surface area contributed by atoms with Crippen molar-refractivity contribution in [1.29, 1.82) is 0 Å². The number of benzene rings is 3. The second-order valence-electron chi connectivity index (χ2n) is 8.53. The van der Waals surface area contributed by atoms with Gasteiger partial charge in [-0.05, 0) is 48.5 Å². The van der Waals surface area contributed by atoms with Crippen LogP contribution in [0.5, 0.6) is 0 Å². The molecule has 0 saturated carbocycles. The van der Waals surface area contributed by atoms with E-state index in [1.807, 2.05) is 0 Å². The third kappa shape index (κ3) is 4.17. The van der Waals surface area contributed by atoms with Gasteiger partial charge in [0.05, 0.1) is 32.8 Å². The van der Waals surface area contributed by atoms with Gasteiger partial charge < -0.3 is 10.0 Å². The van der Waals surface area contributed by atoms with Crippen LogP contribution in [0, 0.1) is 0 Å². The fourth-order valence-corrected chi connectivity index (χ4v) is 5.92. The second-order valence-corrected chi connectivity index (χ2v) is 10.5. The lowest BCUT2D eigenvalue weighted by Crippen LogP contribution is -2.50. The molecule has 10 nitrogen and oxygen atoms in total. The molecule has 3 amide bonds. The first kappa shape index (κ1) is 24.3. The summed E-state index contributed by atoms with van der Waals surface area (Å²) in [7, 11) is -3.91. The van der Waals surface area contributed by atoms with Crippen molar-refractivity contribution in [2.45, 2.75) is 4.90 Å². The summed E-state index contributed by atoms with van der Waals surface area (Å²) >= 11 is 0. The number of rotatable bonds is 5. The average molecular weight is 520 g/mol. The maximum absolute atomic E-state index is 13.2. The Balaban J connectivity index is 1.29. The zero-order valence-electron chi connectivity index (χ0n) is 19.4. The summed E-state index contributed by atoms with van der Waals surface area (Å²) in [6.45, 7) is 0.255. The Morgan fingerprint density at radius 1 is 0.703 bits per heavy atom.